The molecule has 0 bridgehead atoms. The Balaban J connectivity index is 2.39. The summed E-state index contributed by atoms with van der Waals surface area (Å²) in [4.78, 5) is 12.9. The number of rotatable bonds is 3. The van der Waals surface area contributed by atoms with Crippen LogP contribution in [0.4, 0.5) is 11.4 Å². The summed E-state index contributed by atoms with van der Waals surface area (Å²) in [5.41, 5.74) is 9.96. The molecule has 0 saturated heterocycles. The third-order valence-electron chi connectivity index (χ3n) is 2.93. The monoisotopic (exact) mass is 240 g/mol. The lowest BCUT2D eigenvalue weighted by Crippen LogP contribution is -2.07. The molecule has 0 unspecified atom stereocenters. The summed E-state index contributed by atoms with van der Waals surface area (Å²) in [5, 5.41) is 0. The summed E-state index contributed by atoms with van der Waals surface area (Å²) >= 11 is 0. The van der Waals surface area contributed by atoms with Crippen molar-refractivity contribution in [2.45, 2.75) is 0 Å². The maximum atomic E-state index is 10.9. The molecule has 2 aromatic rings. The molecule has 18 heavy (non-hydrogen) atoms. The molecule has 0 aliphatic rings. The summed E-state index contributed by atoms with van der Waals surface area (Å²) < 4.78 is 0. The lowest BCUT2D eigenvalue weighted by Gasteiger charge is -2.13. The summed E-state index contributed by atoms with van der Waals surface area (Å²) in [5.74, 6) is 0. The number of nitrogens with two attached hydrogens (primary N) is 1. The van der Waals surface area contributed by atoms with E-state index in [4.69, 9.17) is 5.73 Å². The van der Waals surface area contributed by atoms with Gasteiger partial charge in [-0.15, -0.1) is 0 Å². The predicted octanol–water partition coefficient (Wildman–Crippen LogP) is 2.81. The van der Waals surface area contributed by atoms with Crippen molar-refractivity contribution in [2.75, 3.05) is 24.7 Å². The highest BCUT2D eigenvalue weighted by Crippen LogP contribution is 2.25. The number of nitrogens with zero attached hydrogens (tertiary/aromatic N) is 1. The fourth-order valence-electron chi connectivity index (χ4n) is 1.81. The van der Waals surface area contributed by atoms with Gasteiger partial charge in [0.05, 0.1) is 0 Å². The molecule has 0 radical (unpaired) electrons. The average molecular weight is 240 g/mol. The van der Waals surface area contributed by atoms with Gasteiger partial charge in [-0.3, -0.25) is 4.79 Å². The zero-order valence-corrected chi connectivity index (χ0v) is 10.6. The van der Waals surface area contributed by atoms with Crippen molar-refractivity contribution < 1.29 is 4.79 Å². The van der Waals surface area contributed by atoms with Crippen LogP contribution in [0.15, 0.2) is 42.5 Å². The van der Waals surface area contributed by atoms with Gasteiger partial charge in [-0.25, -0.2) is 0 Å². The highest BCUT2D eigenvalue weighted by Gasteiger charge is 2.03. The lowest BCUT2D eigenvalue weighted by atomic mass is 10.0. The molecule has 2 N–H and O–H groups in total. The first-order valence-electron chi connectivity index (χ1n) is 5.74. The molecule has 3 nitrogen and oxygen atoms in total. The van der Waals surface area contributed by atoms with Crippen LogP contribution in [0.1, 0.15) is 10.4 Å². The van der Waals surface area contributed by atoms with Gasteiger partial charge in [0.1, 0.15) is 0 Å². The third-order valence-corrected chi connectivity index (χ3v) is 2.93. The van der Waals surface area contributed by atoms with Gasteiger partial charge in [0, 0.05) is 31.0 Å². The third kappa shape index (κ3) is 2.35. The Morgan fingerprint density at radius 2 is 1.61 bits per heavy atom. The molecule has 0 aromatic heterocycles. The fraction of sp³-hybridized carbons (Fsp3) is 0.133. The van der Waals surface area contributed by atoms with E-state index in [1.807, 2.05) is 55.4 Å². The second-order valence-corrected chi connectivity index (χ2v) is 4.40. The smallest absolute Gasteiger partial charge is 0.152 e. The zero-order valence-electron chi connectivity index (χ0n) is 10.6. The standard InChI is InChI=1S/C15H16N2O/c1-17(2)14-6-3-11(4-7-14)12-5-8-15(16)13(9-12)10-18/h3-10H,16H2,1-2H3. The van der Waals surface area contributed by atoms with Crippen molar-refractivity contribution >= 4 is 17.7 Å². The maximum Gasteiger partial charge on any atom is 0.152 e. The Kier molecular flexibility index (Phi) is 3.33. The quantitative estimate of drug-likeness (QED) is 0.663. The minimum atomic E-state index is 0.513. The molecule has 2 aromatic carbocycles. The van der Waals surface area contributed by atoms with Crippen LogP contribution in [-0.4, -0.2) is 20.4 Å². The van der Waals surface area contributed by atoms with Gasteiger partial charge in [0.15, 0.2) is 6.29 Å². The van der Waals surface area contributed by atoms with Crippen LogP contribution in [0.2, 0.25) is 0 Å². The van der Waals surface area contributed by atoms with Gasteiger partial charge in [0.25, 0.3) is 0 Å². The van der Waals surface area contributed by atoms with Crippen LogP contribution in [0, 0.1) is 0 Å². The van der Waals surface area contributed by atoms with E-state index in [2.05, 4.69) is 0 Å². The van der Waals surface area contributed by atoms with E-state index >= 15 is 0 Å². The van der Waals surface area contributed by atoms with Crippen molar-refractivity contribution in [3.05, 3.63) is 48.0 Å². The summed E-state index contributed by atoms with van der Waals surface area (Å²) in [7, 11) is 4.01. The molecule has 0 aliphatic carbocycles. The number of benzene rings is 2. The molecule has 0 spiro atoms. The van der Waals surface area contributed by atoms with Crippen molar-refractivity contribution in [3.63, 3.8) is 0 Å². The Hall–Kier alpha value is -2.29. The Bertz CT molecular complexity index is 559. The number of carbonyl (C=O) groups excluding carboxylic acids is 1. The number of anilines is 2. The molecule has 0 amide bonds. The molecule has 0 aliphatic heterocycles. The first-order chi connectivity index (χ1) is 8.61. The minimum absolute atomic E-state index is 0.513. The van der Waals surface area contributed by atoms with Gasteiger partial charge in [0.2, 0.25) is 0 Å². The Labute approximate surface area is 107 Å². The van der Waals surface area contributed by atoms with E-state index in [0.29, 0.717) is 11.3 Å². The van der Waals surface area contributed by atoms with Gasteiger partial charge < -0.3 is 10.6 Å². The first-order valence-corrected chi connectivity index (χ1v) is 5.74. The van der Waals surface area contributed by atoms with E-state index in [0.717, 1.165) is 23.1 Å². The van der Waals surface area contributed by atoms with E-state index in [9.17, 15) is 4.79 Å². The predicted molar refractivity (Wildman–Crippen MR) is 76.0 cm³/mol. The highest BCUT2D eigenvalue weighted by molar-refractivity contribution is 5.86. The number of aldehydes is 1. The zero-order chi connectivity index (χ0) is 13.1. The summed E-state index contributed by atoms with van der Waals surface area (Å²) in [6.45, 7) is 0. The normalized spacial score (nSPS) is 10.1. The summed E-state index contributed by atoms with van der Waals surface area (Å²) in [6, 6.07) is 13.7. The average Bonchev–Trinajstić information content (AvgIpc) is 2.39. The van der Waals surface area contributed by atoms with Crippen molar-refractivity contribution in [2.24, 2.45) is 0 Å². The topological polar surface area (TPSA) is 46.3 Å². The molecule has 92 valence electrons. The first kappa shape index (κ1) is 12.2. The van der Waals surface area contributed by atoms with Gasteiger partial charge in [-0.1, -0.05) is 18.2 Å². The van der Waals surface area contributed by atoms with Crippen LogP contribution in [0.3, 0.4) is 0 Å². The molecular weight excluding hydrogens is 224 g/mol. The minimum Gasteiger partial charge on any atom is -0.398 e. The molecule has 0 fully saturated rings. The van der Waals surface area contributed by atoms with E-state index in [1.165, 1.54) is 0 Å². The maximum absolute atomic E-state index is 10.9. The summed E-state index contributed by atoms with van der Waals surface area (Å²) in [6.07, 6.45) is 0.785. The largest absolute Gasteiger partial charge is 0.398 e. The van der Waals surface area contributed by atoms with Crippen LogP contribution < -0.4 is 10.6 Å². The highest BCUT2D eigenvalue weighted by atomic mass is 16.1. The van der Waals surface area contributed by atoms with Crippen LogP contribution in [0.25, 0.3) is 11.1 Å². The molecule has 3 heteroatoms. The number of hydrogen-bond donors (Lipinski definition) is 1. The van der Waals surface area contributed by atoms with E-state index < -0.39 is 0 Å². The lowest BCUT2D eigenvalue weighted by molar-refractivity contribution is 0.112. The van der Waals surface area contributed by atoms with Crippen LogP contribution in [-0.2, 0) is 0 Å². The van der Waals surface area contributed by atoms with Crippen LogP contribution in [0.5, 0.6) is 0 Å². The molecule has 0 atom stereocenters. The number of nitrogen functional groups attached to an aromatic ring is 1. The van der Waals surface area contributed by atoms with Gasteiger partial charge in [-0.05, 0) is 35.4 Å². The fourth-order valence-corrected chi connectivity index (χ4v) is 1.81. The Morgan fingerprint density at radius 1 is 1.00 bits per heavy atom. The second kappa shape index (κ2) is 4.92. The molecule has 0 heterocycles. The van der Waals surface area contributed by atoms with E-state index in [-0.39, 0.29) is 0 Å². The van der Waals surface area contributed by atoms with Crippen molar-refractivity contribution in [3.8, 4) is 11.1 Å². The molecular formula is C15H16N2O. The van der Waals surface area contributed by atoms with Gasteiger partial charge >= 0.3 is 0 Å². The van der Waals surface area contributed by atoms with Crippen molar-refractivity contribution in [1.82, 2.24) is 0 Å². The van der Waals surface area contributed by atoms with Gasteiger partial charge in [-0.2, -0.15) is 0 Å². The number of carbonyl (C=O) groups is 1. The second-order valence-electron chi connectivity index (χ2n) is 4.40. The molecule has 0 saturated carbocycles. The number of hydrogen-bond acceptors (Lipinski definition) is 3. The SMILES string of the molecule is CN(C)c1ccc(-c2ccc(N)c(C=O)c2)cc1. The van der Waals surface area contributed by atoms with Crippen molar-refractivity contribution in [1.29, 1.82) is 0 Å². The Morgan fingerprint density at radius 3 is 2.17 bits per heavy atom. The van der Waals surface area contributed by atoms with Crippen LogP contribution >= 0.6 is 0 Å². The molecule has 2 rings (SSSR count). The van der Waals surface area contributed by atoms with E-state index in [1.54, 1.807) is 6.07 Å².